The van der Waals surface area contributed by atoms with E-state index in [1.165, 1.54) is 0 Å². The maximum absolute atomic E-state index is 12.6. The van der Waals surface area contributed by atoms with Gasteiger partial charge in [0.15, 0.2) is 5.82 Å². The SMILES string of the molecule is COC[C@@H]1CN(C(=O)Cn2cc(C)cn2)C[C@H]1c1nc(C2CC2)no1. The second-order valence-electron chi connectivity index (χ2n) is 7.10. The Bertz CT molecular complexity index is 751. The summed E-state index contributed by atoms with van der Waals surface area (Å²) in [5, 5.41) is 8.31. The van der Waals surface area contributed by atoms with Gasteiger partial charge in [-0.05, 0) is 25.3 Å². The lowest BCUT2D eigenvalue weighted by Gasteiger charge is -2.16. The number of methoxy groups -OCH3 is 1. The summed E-state index contributed by atoms with van der Waals surface area (Å²) < 4.78 is 12.5. The Morgan fingerprint density at radius 1 is 1.40 bits per heavy atom. The second-order valence-corrected chi connectivity index (χ2v) is 7.10. The van der Waals surface area contributed by atoms with Crippen molar-refractivity contribution in [3.8, 4) is 0 Å². The van der Waals surface area contributed by atoms with Crippen LogP contribution in [0.5, 0.6) is 0 Å². The molecule has 2 aromatic rings. The average Bonchev–Trinajstić information content (AvgIpc) is 2.99. The van der Waals surface area contributed by atoms with Gasteiger partial charge in [0.2, 0.25) is 11.8 Å². The van der Waals surface area contributed by atoms with E-state index in [1.807, 2.05) is 18.0 Å². The van der Waals surface area contributed by atoms with Crippen molar-refractivity contribution >= 4 is 5.91 Å². The minimum atomic E-state index is 0.0308. The molecule has 4 rings (SSSR count). The van der Waals surface area contributed by atoms with E-state index < -0.39 is 0 Å². The highest BCUT2D eigenvalue weighted by Gasteiger charge is 2.40. The van der Waals surface area contributed by atoms with Gasteiger partial charge >= 0.3 is 0 Å². The van der Waals surface area contributed by atoms with E-state index >= 15 is 0 Å². The molecule has 1 saturated carbocycles. The third-order valence-corrected chi connectivity index (χ3v) is 4.95. The van der Waals surface area contributed by atoms with Crippen LogP contribution in [0.4, 0.5) is 0 Å². The zero-order chi connectivity index (χ0) is 17.4. The molecule has 25 heavy (non-hydrogen) atoms. The third kappa shape index (κ3) is 3.44. The zero-order valence-electron chi connectivity index (χ0n) is 14.6. The molecule has 2 fully saturated rings. The summed E-state index contributed by atoms with van der Waals surface area (Å²) in [6.07, 6.45) is 5.90. The van der Waals surface area contributed by atoms with Gasteiger partial charge in [-0.25, -0.2) is 0 Å². The van der Waals surface area contributed by atoms with E-state index in [0.29, 0.717) is 31.5 Å². The molecule has 0 N–H and O–H groups in total. The number of hydrogen-bond donors (Lipinski definition) is 0. The molecule has 3 heterocycles. The smallest absolute Gasteiger partial charge is 0.244 e. The van der Waals surface area contributed by atoms with Crippen LogP contribution in [0.3, 0.4) is 0 Å². The van der Waals surface area contributed by atoms with Gasteiger partial charge < -0.3 is 14.2 Å². The summed E-state index contributed by atoms with van der Waals surface area (Å²) in [6, 6.07) is 0. The first kappa shape index (κ1) is 16.3. The summed E-state index contributed by atoms with van der Waals surface area (Å²) in [7, 11) is 1.68. The standard InChI is InChI=1S/C17H23N5O3/c1-11-5-18-22(6-11)9-15(23)21-7-13(10-24-2)14(8-21)17-19-16(20-25-17)12-3-4-12/h5-6,12-14H,3-4,7-10H2,1-2H3/t13-,14+/m0/s1. The monoisotopic (exact) mass is 345 g/mol. The van der Waals surface area contributed by atoms with Crippen LogP contribution in [0, 0.1) is 12.8 Å². The van der Waals surface area contributed by atoms with Gasteiger partial charge in [0.05, 0.1) is 18.7 Å². The van der Waals surface area contributed by atoms with Crippen molar-refractivity contribution in [1.82, 2.24) is 24.8 Å². The highest BCUT2D eigenvalue weighted by atomic mass is 16.5. The van der Waals surface area contributed by atoms with Gasteiger partial charge in [0.25, 0.3) is 0 Å². The van der Waals surface area contributed by atoms with Gasteiger partial charge in [0.1, 0.15) is 6.54 Å². The summed E-state index contributed by atoms with van der Waals surface area (Å²) in [4.78, 5) is 19.1. The highest BCUT2D eigenvalue weighted by Crippen LogP contribution is 2.40. The van der Waals surface area contributed by atoms with Gasteiger partial charge in [-0.1, -0.05) is 5.16 Å². The fourth-order valence-corrected chi connectivity index (χ4v) is 3.43. The van der Waals surface area contributed by atoms with Crippen molar-refractivity contribution in [3.05, 3.63) is 29.7 Å². The Labute approximate surface area is 146 Å². The topological polar surface area (TPSA) is 86.3 Å². The van der Waals surface area contributed by atoms with Crippen molar-refractivity contribution in [2.75, 3.05) is 26.8 Å². The lowest BCUT2D eigenvalue weighted by atomic mass is 9.97. The van der Waals surface area contributed by atoms with Crippen molar-refractivity contribution in [3.63, 3.8) is 0 Å². The molecule has 8 heteroatoms. The highest BCUT2D eigenvalue weighted by molar-refractivity contribution is 5.76. The molecular weight excluding hydrogens is 322 g/mol. The molecule has 0 bridgehead atoms. The normalized spacial score (nSPS) is 23.4. The zero-order valence-corrected chi connectivity index (χ0v) is 14.6. The van der Waals surface area contributed by atoms with Crippen LogP contribution in [0.15, 0.2) is 16.9 Å². The van der Waals surface area contributed by atoms with E-state index in [9.17, 15) is 4.79 Å². The van der Waals surface area contributed by atoms with Crippen LogP contribution in [-0.4, -0.2) is 57.5 Å². The number of aryl methyl sites for hydroxylation is 1. The molecule has 0 spiro atoms. The number of carbonyl (C=O) groups is 1. The van der Waals surface area contributed by atoms with Gasteiger partial charge in [-0.2, -0.15) is 10.1 Å². The number of hydrogen-bond acceptors (Lipinski definition) is 6. The third-order valence-electron chi connectivity index (χ3n) is 4.95. The summed E-state index contributed by atoms with van der Waals surface area (Å²) >= 11 is 0. The molecule has 2 atom stereocenters. The molecule has 134 valence electrons. The number of amides is 1. The molecule has 1 amide bonds. The van der Waals surface area contributed by atoms with Gasteiger partial charge in [-0.3, -0.25) is 9.48 Å². The van der Waals surface area contributed by atoms with Crippen molar-refractivity contribution in [2.45, 2.75) is 38.1 Å². The van der Waals surface area contributed by atoms with Crippen molar-refractivity contribution in [2.24, 2.45) is 5.92 Å². The lowest BCUT2D eigenvalue weighted by Crippen LogP contribution is -2.32. The predicted octanol–water partition coefficient (Wildman–Crippen LogP) is 1.34. The molecule has 2 aromatic heterocycles. The van der Waals surface area contributed by atoms with Crippen LogP contribution < -0.4 is 0 Å². The van der Waals surface area contributed by atoms with Gasteiger partial charge in [-0.15, -0.1) is 0 Å². The second kappa shape index (κ2) is 6.59. The molecule has 0 unspecified atom stereocenters. The average molecular weight is 345 g/mol. The largest absolute Gasteiger partial charge is 0.384 e. The van der Waals surface area contributed by atoms with E-state index in [-0.39, 0.29) is 24.3 Å². The van der Waals surface area contributed by atoms with E-state index in [2.05, 4.69) is 15.2 Å². The van der Waals surface area contributed by atoms with Crippen LogP contribution >= 0.6 is 0 Å². The molecule has 0 radical (unpaired) electrons. The van der Waals surface area contributed by atoms with E-state index in [1.54, 1.807) is 18.0 Å². The fraction of sp³-hybridized carbons (Fsp3) is 0.647. The quantitative estimate of drug-likeness (QED) is 0.785. The Hall–Kier alpha value is -2.22. The van der Waals surface area contributed by atoms with Crippen molar-refractivity contribution in [1.29, 1.82) is 0 Å². The molecule has 8 nitrogen and oxygen atoms in total. The first-order valence-electron chi connectivity index (χ1n) is 8.73. The summed E-state index contributed by atoms with van der Waals surface area (Å²) in [5.41, 5.74) is 1.04. The molecular formula is C17H23N5O3. The van der Waals surface area contributed by atoms with Crippen LogP contribution in [-0.2, 0) is 16.1 Å². The van der Waals surface area contributed by atoms with E-state index in [0.717, 1.165) is 24.2 Å². The number of ether oxygens (including phenoxy) is 1. The summed E-state index contributed by atoms with van der Waals surface area (Å²) in [6.45, 7) is 3.99. The molecule has 1 aliphatic heterocycles. The van der Waals surface area contributed by atoms with Gasteiger partial charge in [0, 0.05) is 38.2 Å². The van der Waals surface area contributed by atoms with Crippen LogP contribution in [0.1, 0.15) is 42.0 Å². The number of aromatic nitrogens is 4. The minimum Gasteiger partial charge on any atom is -0.384 e. The van der Waals surface area contributed by atoms with Crippen LogP contribution in [0.2, 0.25) is 0 Å². The number of carbonyl (C=O) groups excluding carboxylic acids is 1. The fourth-order valence-electron chi connectivity index (χ4n) is 3.43. The molecule has 0 aromatic carbocycles. The first-order chi connectivity index (χ1) is 12.1. The molecule has 1 aliphatic carbocycles. The Morgan fingerprint density at radius 2 is 2.24 bits per heavy atom. The maximum Gasteiger partial charge on any atom is 0.244 e. The van der Waals surface area contributed by atoms with Crippen LogP contribution in [0.25, 0.3) is 0 Å². The number of nitrogens with zero attached hydrogens (tertiary/aromatic N) is 5. The number of likely N-dealkylation sites (tertiary alicyclic amines) is 1. The Kier molecular flexibility index (Phi) is 4.29. The predicted molar refractivity (Wildman–Crippen MR) is 87.9 cm³/mol. The molecule has 2 aliphatic rings. The lowest BCUT2D eigenvalue weighted by molar-refractivity contribution is -0.131. The molecule has 1 saturated heterocycles. The Balaban J connectivity index is 1.46. The maximum atomic E-state index is 12.6. The number of rotatable bonds is 6. The summed E-state index contributed by atoms with van der Waals surface area (Å²) in [5.74, 6) is 2.15. The minimum absolute atomic E-state index is 0.0308. The van der Waals surface area contributed by atoms with E-state index in [4.69, 9.17) is 9.26 Å². The van der Waals surface area contributed by atoms with Crippen molar-refractivity contribution < 1.29 is 14.1 Å². The Morgan fingerprint density at radius 3 is 2.92 bits per heavy atom. The first-order valence-corrected chi connectivity index (χ1v) is 8.73.